The first-order valence-corrected chi connectivity index (χ1v) is 7.63. The number of rotatable bonds is 3. The van der Waals surface area contributed by atoms with Crippen LogP contribution in [0.1, 0.15) is 36.8 Å². The molecular weight excluding hydrogens is 266 g/mol. The van der Waals surface area contributed by atoms with E-state index in [9.17, 15) is 9.90 Å². The van der Waals surface area contributed by atoms with Gasteiger partial charge >= 0.3 is 0 Å². The van der Waals surface area contributed by atoms with Crippen LogP contribution < -0.4 is 0 Å². The molecule has 3 rings (SSSR count). The van der Waals surface area contributed by atoms with E-state index in [0.29, 0.717) is 12.8 Å². The van der Waals surface area contributed by atoms with E-state index in [1.165, 1.54) is 5.56 Å². The predicted octanol–water partition coefficient (Wildman–Crippen LogP) is 1.98. The molecule has 0 saturated carbocycles. The van der Waals surface area contributed by atoms with Gasteiger partial charge in [-0.25, -0.2) is 0 Å². The highest BCUT2D eigenvalue weighted by Crippen LogP contribution is 2.45. The molecule has 2 atom stereocenters. The number of benzene rings is 1. The number of hydrogen-bond donors (Lipinski definition) is 1. The largest absolute Gasteiger partial charge is 0.385 e. The molecule has 2 unspecified atom stereocenters. The number of carbonyl (C=O) groups excluding carboxylic acids is 1. The summed E-state index contributed by atoms with van der Waals surface area (Å²) in [5, 5.41) is 11.1. The molecule has 2 heterocycles. The van der Waals surface area contributed by atoms with Crippen LogP contribution in [0.4, 0.5) is 0 Å². The molecule has 4 nitrogen and oxygen atoms in total. The summed E-state index contributed by atoms with van der Waals surface area (Å²) in [6, 6.07) is 8.38. The molecule has 1 N–H and O–H groups in total. The lowest BCUT2D eigenvalue weighted by molar-refractivity contribution is -0.145. The molecule has 2 aliphatic rings. The Morgan fingerprint density at radius 3 is 2.38 bits per heavy atom. The third-order valence-electron chi connectivity index (χ3n) is 4.91. The molecule has 21 heavy (non-hydrogen) atoms. The van der Waals surface area contributed by atoms with Crippen molar-refractivity contribution in [2.24, 2.45) is 0 Å². The van der Waals surface area contributed by atoms with Gasteiger partial charge in [0.05, 0.1) is 5.60 Å². The monoisotopic (exact) mass is 289 g/mol. The number of hydrogen-bond acceptors (Lipinski definition) is 3. The Morgan fingerprint density at radius 2 is 1.86 bits per heavy atom. The van der Waals surface area contributed by atoms with E-state index >= 15 is 0 Å². The van der Waals surface area contributed by atoms with Crippen LogP contribution in [0.2, 0.25) is 0 Å². The van der Waals surface area contributed by atoms with Crippen molar-refractivity contribution in [3.63, 3.8) is 0 Å². The van der Waals surface area contributed by atoms with Gasteiger partial charge < -0.3 is 14.7 Å². The van der Waals surface area contributed by atoms with E-state index in [1.54, 1.807) is 7.11 Å². The van der Waals surface area contributed by atoms with Crippen molar-refractivity contribution in [2.45, 2.75) is 50.3 Å². The summed E-state index contributed by atoms with van der Waals surface area (Å²) in [4.78, 5) is 14.1. The zero-order valence-electron chi connectivity index (χ0n) is 12.7. The van der Waals surface area contributed by atoms with Crippen molar-refractivity contribution < 1.29 is 14.6 Å². The van der Waals surface area contributed by atoms with E-state index in [0.717, 1.165) is 18.4 Å². The Hall–Kier alpha value is -1.39. The highest BCUT2D eigenvalue weighted by Gasteiger charge is 2.49. The lowest BCUT2D eigenvalue weighted by Crippen LogP contribution is -2.52. The fraction of sp³-hybridized carbons (Fsp3) is 0.588. The molecule has 0 aromatic heterocycles. The minimum atomic E-state index is -0.802. The van der Waals surface area contributed by atoms with Crippen LogP contribution in [0.5, 0.6) is 0 Å². The van der Waals surface area contributed by atoms with Gasteiger partial charge in [0, 0.05) is 32.0 Å². The Labute approximate surface area is 125 Å². The van der Waals surface area contributed by atoms with Crippen molar-refractivity contribution in [1.29, 1.82) is 0 Å². The first kappa shape index (κ1) is 14.5. The highest BCUT2D eigenvalue weighted by atomic mass is 16.5. The van der Waals surface area contributed by atoms with E-state index in [-0.39, 0.29) is 24.6 Å². The normalized spacial score (nSPS) is 31.5. The Bertz CT molecular complexity index is 511. The lowest BCUT2D eigenvalue weighted by Gasteiger charge is -2.44. The summed E-state index contributed by atoms with van der Waals surface area (Å²) in [5.74, 6) is 0.0518. The van der Waals surface area contributed by atoms with Gasteiger partial charge in [0.2, 0.25) is 5.91 Å². The van der Waals surface area contributed by atoms with Crippen LogP contribution >= 0.6 is 0 Å². The molecule has 0 aliphatic carbocycles. The molecule has 1 amide bonds. The number of aryl methyl sites for hydroxylation is 1. The molecule has 4 heteroatoms. The summed E-state index contributed by atoms with van der Waals surface area (Å²) in [6.07, 6.45) is 3.21. The quantitative estimate of drug-likeness (QED) is 0.925. The summed E-state index contributed by atoms with van der Waals surface area (Å²) < 4.78 is 4.98. The predicted molar refractivity (Wildman–Crippen MR) is 79.8 cm³/mol. The maximum Gasteiger partial charge on any atom is 0.249 e. The van der Waals surface area contributed by atoms with Crippen molar-refractivity contribution >= 4 is 5.91 Å². The van der Waals surface area contributed by atoms with Gasteiger partial charge in [-0.15, -0.1) is 0 Å². The van der Waals surface area contributed by atoms with E-state index in [1.807, 2.05) is 36.1 Å². The number of ether oxygens (including phenoxy) is 1. The van der Waals surface area contributed by atoms with Crippen molar-refractivity contribution in [3.05, 3.63) is 35.4 Å². The second-order valence-electron chi connectivity index (χ2n) is 6.42. The summed E-state index contributed by atoms with van der Waals surface area (Å²) in [7, 11) is 1.55. The second kappa shape index (κ2) is 5.43. The Morgan fingerprint density at radius 1 is 1.29 bits per heavy atom. The molecule has 0 spiro atoms. The van der Waals surface area contributed by atoms with Crippen LogP contribution in [0.25, 0.3) is 0 Å². The minimum Gasteiger partial charge on any atom is -0.385 e. The smallest absolute Gasteiger partial charge is 0.249 e. The van der Waals surface area contributed by atoms with E-state index in [4.69, 9.17) is 4.74 Å². The fourth-order valence-corrected chi connectivity index (χ4v) is 3.93. The number of amides is 1. The Balaban J connectivity index is 1.81. The third-order valence-corrected chi connectivity index (χ3v) is 4.91. The van der Waals surface area contributed by atoms with Gasteiger partial charge in [0.25, 0.3) is 0 Å². The first-order chi connectivity index (χ1) is 10.0. The molecule has 2 saturated heterocycles. The topological polar surface area (TPSA) is 49.8 Å². The molecule has 2 fully saturated rings. The molecule has 1 aromatic rings. The van der Waals surface area contributed by atoms with Crippen LogP contribution in [-0.4, -0.2) is 41.7 Å². The zero-order chi connectivity index (χ0) is 15.0. The van der Waals surface area contributed by atoms with Gasteiger partial charge in [0.15, 0.2) is 0 Å². The standard InChI is InChI=1S/C17H23NO3/c1-12-3-5-13(6-4-12)17(20)9-14-7-8-15(10-17)18(14)16(19)11-21-2/h3-6,14-15,20H,7-11H2,1-2H3. The average molecular weight is 289 g/mol. The minimum absolute atomic E-state index is 0.0518. The van der Waals surface area contributed by atoms with Gasteiger partial charge in [-0.2, -0.15) is 0 Å². The highest BCUT2D eigenvalue weighted by molar-refractivity contribution is 5.78. The molecule has 0 radical (unpaired) electrons. The number of aliphatic hydroxyl groups is 1. The maximum atomic E-state index is 12.2. The maximum absolute atomic E-state index is 12.2. The van der Waals surface area contributed by atoms with Crippen molar-refractivity contribution in [1.82, 2.24) is 4.90 Å². The number of piperidine rings is 1. The zero-order valence-corrected chi connectivity index (χ0v) is 12.7. The molecule has 2 bridgehead atoms. The average Bonchev–Trinajstić information content (AvgIpc) is 2.73. The number of fused-ring (bicyclic) bond motifs is 2. The van der Waals surface area contributed by atoms with E-state index < -0.39 is 5.60 Å². The van der Waals surface area contributed by atoms with Gasteiger partial charge in [-0.3, -0.25) is 4.79 Å². The van der Waals surface area contributed by atoms with Gasteiger partial charge in [-0.05, 0) is 25.3 Å². The molecular formula is C17H23NO3. The molecule has 114 valence electrons. The van der Waals surface area contributed by atoms with Crippen LogP contribution in [0, 0.1) is 6.92 Å². The van der Waals surface area contributed by atoms with Crippen molar-refractivity contribution in [3.8, 4) is 0 Å². The van der Waals surface area contributed by atoms with Crippen LogP contribution in [-0.2, 0) is 15.1 Å². The van der Waals surface area contributed by atoms with Crippen LogP contribution in [0.3, 0.4) is 0 Å². The van der Waals surface area contributed by atoms with Crippen LogP contribution in [0.15, 0.2) is 24.3 Å². The molecule has 2 aliphatic heterocycles. The van der Waals surface area contributed by atoms with Crippen molar-refractivity contribution in [2.75, 3.05) is 13.7 Å². The Kier molecular flexibility index (Phi) is 3.76. The summed E-state index contributed by atoms with van der Waals surface area (Å²) in [5.41, 5.74) is 1.37. The number of nitrogens with zero attached hydrogens (tertiary/aromatic N) is 1. The van der Waals surface area contributed by atoms with Gasteiger partial charge in [-0.1, -0.05) is 29.8 Å². The SMILES string of the molecule is COCC(=O)N1C2CCC1CC(O)(c1ccc(C)cc1)C2. The third kappa shape index (κ3) is 2.58. The number of carbonyl (C=O) groups is 1. The van der Waals surface area contributed by atoms with E-state index in [2.05, 4.69) is 0 Å². The summed E-state index contributed by atoms with van der Waals surface area (Å²) >= 11 is 0. The second-order valence-corrected chi connectivity index (χ2v) is 6.42. The summed E-state index contributed by atoms with van der Waals surface area (Å²) in [6.45, 7) is 2.18. The molecule has 1 aromatic carbocycles. The fourth-order valence-electron chi connectivity index (χ4n) is 3.93. The van der Waals surface area contributed by atoms with Gasteiger partial charge in [0.1, 0.15) is 6.61 Å². The number of methoxy groups -OCH3 is 1. The lowest BCUT2D eigenvalue weighted by atomic mass is 9.80. The first-order valence-electron chi connectivity index (χ1n) is 7.63.